The summed E-state index contributed by atoms with van der Waals surface area (Å²) in [5.41, 5.74) is 3.04. The van der Waals surface area contributed by atoms with Crippen LogP contribution in [0.5, 0.6) is 11.6 Å². The van der Waals surface area contributed by atoms with Crippen LogP contribution in [0.1, 0.15) is 5.56 Å². The van der Waals surface area contributed by atoms with E-state index in [1.807, 2.05) is 43.3 Å². The average Bonchev–Trinajstić information content (AvgIpc) is 2.79. The van der Waals surface area contributed by atoms with Crippen LogP contribution in [0.25, 0.3) is 10.9 Å². The van der Waals surface area contributed by atoms with Crippen molar-refractivity contribution in [3.63, 3.8) is 0 Å². The number of nitrogens with zero attached hydrogens (tertiary/aromatic N) is 2. The van der Waals surface area contributed by atoms with Crippen molar-refractivity contribution in [3.8, 4) is 11.6 Å². The van der Waals surface area contributed by atoms with Crippen molar-refractivity contribution >= 4 is 22.3 Å². The summed E-state index contributed by atoms with van der Waals surface area (Å²) in [6.07, 6.45) is 0. The second-order valence-electron chi connectivity index (χ2n) is 4.77. The van der Waals surface area contributed by atoms with Crippen LogP contribution in [0, 0.1) is 6.92 Å². The largest absolute Gasteiger partial charge is 0.497 e. The first-order valence-electron chi connectivity index (χ1n) is 6.54. The zero-order valence-corrected chi connectivity index (χ0v) is 11.8. The molecule has 0 radical (unpaired) electrons. The second kappa shape index (κ2) is 5.28. The number of aromatic amines is 1. The van der Waals surface area contributed by atoms with Crippen molar-refractivity contribution in [2.75, 3.05) is 7.11 Å². The minimum Gasteiger partial charge on any atom is -0.497 e. The molecule has 0 saturated heterocycles. The molecule has 0 bridgehead atoms. The number of aryl methyl sites for hydroxylation is 1. The van der Waals surface area contributed by atoms with Crippen LogP contribution in [0.4, 0.5) is 11.4 Å². The molecule has 5 nitrogen and oxygen atoms in total. The molecular weight excluding hydrogens is 266 g/mol. The first kappa shape index (κ1) is 13.2. The number of rotatable bonds is 3. The van der Waals surface area contributed by atoms with Gasteiger partial charge in [0.1, 0.15) is 5.75 Å². The van der Waals surface area contributed by atoms with Crippen molar-refractivity contribution < 1.29 is 9.84 Å². The second-order valence-corrected chi connectivity index (χ2v) is 4.77. The van der Waals surface area contributed by atoms with Crippen LogP contribution in [0.15, 0.2) is 52.7 Å². The molecule has 0 saturated carbocycles. The van der Waals surface area contributed by atoms with Crippen LogP contribution in [-0.4, -0.2) is 17.2 Å². The standard InChI is InChI=1S/C16H15N3O2/c1-10-4-3-5-11(8-10)18-19-15-13-7-6-12(21-2)9-14(13)17-16(15)20/h3-9,17,20H,1-2H3. The Morgan fingerprint density at radius 2 is 1.95 bits per heavy atom. The molecule has 21 heavy (non-hydrogen) atoms. The maximum Gasteiger partial charge on any atom is 0.218 e. The summed E-state index contributed by atoms with van der Waals surface area (Å²) in [4.78, 5) is 2.87. The third-order valence-electron chi connectivity index (χ3n) is 3.23. The third-order valence-corrected chi connectivity index (χ3v) is 3.23. The summed E-state index contributed by atoms with van der Waals surface area (Å²) in [6, 6.07) is 13.2. The van der Waals surface area contributed by atoms with Crippen LogP contribution in [0.2, 0.25) is 0 Å². The summed E-state index contributed by atoms with van der Waals surface area (Å²) in [5, 5.41) is 19.1. The number of hydrogen-bond donors (Lipinski definition) is 2. The zero-order chi connectivity index (χ0) is 14.8. The molecule has 1 heterocycles. The molecule has 0 aliphatic heterocycles. The van der Waals surface area contributed by atoms with E-state index >= 15 is 0 Å². The van der Waals surface area contributed by atoms with Crippen LogP contribution < -0.4 is 4.74 Å². The summed E-state index contributed by atoms with van der Waals surface area (Å²) < 4.78 is 5.16. The quantitative estimate of drug-likeness (QED) is 0.688. The van der Waals surface area contributed by atoms with Crippen molar-refractivity contribution in [2.24, 2.45) is 10.2 Å². The Bertz CT molecular complexity index is 822. The number of azo groups is 1. The van der Waals surface area contributed by atoms with Gasteiger partial charge in [0, 0.05) is 11.5 Å². The van der Waals surface area contributed by atoms with E-state index in [-0.39, 0.29) is 5.88 Å². The lowest BCUT2D eigenvalue weighted by Crippen LogP contribution is -1.80. The first-order valence-corrected chi connectivity index (χ1v) is 6.54. The molecule has 3 rings (SSSR count). The van der Waals surface area contributed by atoms with Gasteiger partial charge < -0.3 is 14.8 Å². The highest BCUT2D eigenvalue weighted by Gasteiger charge is 2.11. The highest BCUT2D eigenvalue weighted by atomic mass is 16.5. The van der Waals surface area contributed by atoms with Gasteiger partial charge in [0.15, 0.2) is 5.69 Å². The summed E-state index contributed by atoms with van der Waals surface area (Å²) >= 11 is 0. The van der Waals surface area contributed by atoms with Gasteiger partial charge in [0.25, 0.3) is 0 Å². The fourth-order valence-corrected chi connectivity index (χ4v) is 2.17. The Hall–Kier alpha value is -2.82. The lowest BCUT2D eigenvalue weighted by Gasteiger charge is -1.98. The number of ether oxygens (including phenoxy) is 1. The fraction of sp³-hybridized carbons (Fsp3) is 0.125. The molecule has 0 aliphatic carbocycles. The molecule has 0 fully saturated rings. The predicted octanol–water partition coefficient (Wildman–Crippen LogP) is 4.61. The van der Waals surface area contributed by atoms with Gasteiger partial charge in [-0.2, -0.15) is 5.11 Å². The molecule has 0 spiro atoms. The van der Waals surface area contributed by atoms with Gasteiger partial charge in [0.05, 0.1) is 18.3 Å². The Balaban J connectivity index is 2.02. The van der Waals surface area contributed by atoms with E-state index in [1.165, 1.54) is 0 Å². The topological polar surface area (TPSA) is 70.0 Å². The molecule has 1 aromatic heterocycles. The Morgan fingerprint density at radius 3 is 2.71 bits per heavy atom. The number of methoxy groups -OCH3 is 1. The normalized spacial score (nSPS) is 11.3. The van der Waals surface area contributed by atoms with Gasteiger partial charge in [-0.25, -0.2) is 0 Å². The number of hydrogen-bond acceptors (Lipinski definition) is 4. The molecule has 0 aliphatic rings. The van der Waals surface area contributed by atoms with Crippen molar-refractivity contribution in [1.29, 1.82) is 0 Å². The SMILES string of the molecule is COc1ccc2c(N=Nc3cccc(C)c3)c(O)[nH]c2c1. The molecule has 106 valence electrons. The predicted molar refractivity (Wildman–Crippen MR) is 81.9 cm³/mol. The van der Waals surface area contributed by atoms with E-state index in [1.54, 1.807) is 13.2 Å². The van der Waals surface area contributed by atoms with Gasteiger partial charge in [-0.3, -0.25) is 0 Å². The maximum atomic E-state index is 9.98. The highest BCUT2D eigenvalue weighted by Crippen LogP contribution is 2.37. The minimum atomic E-state index is -0.00495. The van der Waals surface area contributed by atoms with Crippen molar-refractivity contribution in [3.05, 3.63) is 48.0 Å². The Labute approximate surface area is 121 Å². The maximum absolute atomic E-state index is 9.98. The number of H-pyrrole nitrogens is 1. The molecule has 2 aromatic carbocycles. The molecule has 0 atom stereocenters. The van der Waals surface area contributed by atoms with Gasteiger partial charge in [-0.15, -0.1) is 5.11 Å². The molecule has 0 amide bonds. The number of aromatic nitrogens is 1. The summed E-state index contributed by atoms with van der Waals surface area (Å²) in [5.74, 6) is 0.709. The van der Waals surface area contributed by atoms with Gasteiger partial charge >= 0.3 is 0 Å². The number of fused-ring (bicyclic) bond motifs is 1. The summed E-state index contributed by atoms with van der Waals surface area (Å²) in [7, 11) is 1.60. The number of nitrogens with one attached hydrogen (secondary N) is 1. The Morgan fingerprint density at radius 1 is 1.10 bits per heavy atom. The monoisotopic (exact) mass is 281 g/mol. The van der Waals surface area contributed by atoms with Gasteiger partial charge in [-0.1, -0.05) is 12.1 Å². The van der Waals surface area contributed by atoms with Crippen LogP contribution in [-0.2, 0) is 0 Å². The van der Waals surface area contributed by atoms with E-state index < -0.39 is 0 Å². The fourth-order valence-electron chi connectivity index (χ4n) is 2.17. The minimum absolute atomic E-state index is 0.00495. The first-order chi connectivity index (χ1) is 10.2. The van der Waals surface area contributed by atoms with Gasteiger partial charge in [0.2, 0.25) is 5.88 Å². The zero-order valence-electron chi connectivity index (χ0n) is 11.8. The van der Waals surface area contributed by atoms with E-state index in [4.69, 9.17) is 4.74 Å². The lowest BCUT2D eigenvalue weighted by atomic mass is 10.2. The molecule has 5 heteroatoms. The van der Waals surface area contributed by atoms with Crippen LogP contribution >= 0.6 is 0 Å². The molecule has 3 aromatic rings. The average molecular weight is 281 g/mol. The van der Waals surface area contributed by atoms with E-state index in [9.17, 15) is 5.11 Å². The highest BCUT2D eigenvalue weighted by molar-refractivity contribution is 5.94. The molecule has 0 unspecified atom stereocenters. The lowest BCUT2D eigenvalue weighted by molar-refractivity contribution is 0.415. The van der Waals surface area contributed by atoms with E-state index in [0.717, 1.165) is 22.2 Å². The Kier molecular flexibility index (Phi) is 3.31. The van der Waals surface area contributed by atoms with Crippen molar-refractivity contribution in [1.82, 2.24) is 4.98 Å². The van der Waals surface area contributed by atoms with Crippen molar-refractivity contribution in [2.45, 2.75) is 6.92 Å². The molecular formula is C16H15N3O2. The van der Waals surface area contributed by atoms with E-state index in [2.05, 4.69) is 15.2 Å². The number of benzene rings is 2. The third kappa shape index (κ3) is 2.58. The number of aromatic hydroxyl groups is 1. The van der Waals surface area contributed by atoms with Crippen LogP contribution in [0.3, 0.4) is 0 Å². The smallest absolute Gasteiger partial charge is 0.218 e. The van der Waals surface area contributed by atoms with E-state index in [0.29, 0.717) is 11.4 Å². The van der Waals surface area contributed by atoms with Gasteiger partial charge in [-0.05, 0) is 36.8 Å². The molecule has 2 N–H and O–H groups in total. The summed E-state index contributed by atoms with van der Waals surface area (Å²) in [6.45, 7) is 1.99.